The number of ether oxygens (including phenoxy) is 1. The molecular formula is C15H25N3O3. The summed E-state index contributed by atoms with van der Waals surface area (Å²) in [5.74, 6) is 0.885. The van der Waals surface area contributed by atoms with E-state index in [-0.39, 0.29) is 6.09 Å². The van der Waals surface area contributed by atoms with Crippen LogP contribution in [0.3, 0.4) is 0 Å². The van der Waals surface area contributed by atoms with Gasteiger partial charge in [0.1, 0.15) is 17.1 Å². The first-order valence-electron chi connectivity index (χ1n) is 7.44. The van der Waals surface area contributed by atoms with Crippen molar-refractivity contribution in [2.75, 3.05) is 6.54 Å². The summed E-state index contributed by atoms with van der Waals surface area (Å²) in [6, 6.07) is 0.378. The van der Waals surface area contributed by atoms with Crippen molar-refractivity contribution in [2.24, 2.45) is 0 Å². The Labute approximate surface area is 125 Å². The molecule has 1 amide bonds. The average Bonchev–Trinajstić information content (AvgIpc) is 2.76. The topological polar surface area (TPSA) is 67.6 Å². The minimum absolute atomic E-state index is 0.280. The van der Waals surface area contributed by atoms with Crippen LogP contribution >= 0.6 is 0 Å². The number of rotatable bonds is 3. The van der Waals surface area contributed by atoms with Gasteiger partial charge in [0.05, 0.1) is 6.54 Å². The molecule has 118 valence electrons. The second-order valence-corrected chi connectivity index (χ2v) is 6.72. The van der Waals surface area contributed by atoms with Crippen LogP contribution in [-0.4, -0.2) is 34.3 Å². The van der Waals surface area contributed by atoms with Gasteiger partial charge in [-0.15, -0.1) is 0 Å². The lowest BCUT2D eigenvalue weighted by atomic mass is 10.1. The molecule has 2 rings (SSSR count). The molecular weight excluding hydrogens is 270 g/mol. The van der Waals surface area contributed by atoms with Crippen molar-refractivity contribution in [2.45, 2.75) is 65.8 Å². The van der Waals surface area contributed by atoms with Crippen LogP contribution < -0.4 is 5.32 Å². The van der Waals surface area contributed by atoms with Gasteiger partial charge in [-0.2, -0.15) is 0 Å². The molecule has 0 saturated heterocycles. The van der Waals surface area contributed by atoms with Gasteiger partial charge >= 0.3 is 6.09 Å². The molecule has 21 heavy (non-hydrogen) atoms. The first kappa shape index (κ1) is 15.8. The summed E-state index contributed by atoms with van der Waals surface area (Å²) in [7, 11) is 0. The SMILES string of the molecule is CC(C)NCc1noc2c1CN(C(=O)OC(C)(C)C)CC2. The highest BCUT2D eigenvalue weighted by Crippen LogP contribution is 2.24. The first-order valence-corrected chi connectivity index (χ1v) is 7.44. The number of hydrogen-bond acceptors (Lipinski definition) is 5. The number of amides is 1. The molecule has 0 aromatic carbocycles. The zero-order valence-corrected chi connectivity index (χ0v) is 13.5. The van der Waals surface area contributed by atoms with E-state index in [2.05, 4.69) is 24.3 Å². The van der Waals surface area contributed by atoms with Gasteiger partial charge in [0.25, 0.3) is 0 Å². The highest BCUT2D eigenvalue weighted by Gasteiger charge is 2.29. The van der Waals surface area contributed by atoms with Crippen LogP contribution in [0.1, 0.15) is 51.6 Å². The number of nitrogens with zero attached hydrogens (tertiary/aromatic N) is 2. The Balaban J connectivity index is 2.05. The number of nitrogens with one attached hydrogen (secondary N) is 1. The van der Waals surface area contributed by atoms with Crippen molar-refractivity contribution < 1.29 is 14.1 Å². The number of fused-ring (bicyclic) bond motifs is 1. The highest BCUT2D eigenvalue weighted by molar-refractivity contribution is 5.68. The van der Waals surface area contributed by atoms with E-state index in [1.807, 2.05) is 20.8 Å². The summed E-state index contributed by atoms with van der Waals surface area (Å²) in [5, 5.41) is 7.44. The van der Waals surface area contributed by atoms with Gasteiger partial charge < -0.3 is 19.5 Å². The smallest absolute Gasteiger partial charge is 0.410 e. The third-order valence-electron chi connectivity index (χ3n) is 3.24. The fourth-order valence-electron chi connectivity index (χ4n) is 2.19. The predicted molar refractivity (Wildman–Crippen MR) is 78.8 cm³/mol. The summed E-state index contributed by atoms with van der Waals surface area (Å²) < 4.78 is 10.8. The number of carbonyl (C=O) groups is 1. The van der Waals surface area contributed by atoms with E-state index in [0.717, 1.165) is 17.0 Å². The van der Waals surface area contributed by atoms with Crippen LogP contribution in [-0.2, 0) is 24.2 Å². The number of carbonyl (C=O) groups excluding carboxylic acids is 1. The van der Waals surface area contributed by atoms with Crippen molar-refractivity contribution in [3.8, 4) is 0 Å². The quantitative estimate of drug-likeness (QED) is 0.927. The summed E-state index contributed by atoms with van der Waals surface area (Å²) in [6.07, 6.45) is 0.403. The minimum atomic E-state index is -0.478. The molecule has 6 heteroatoms. The standard InChI is InChI=1S/C15H25N3O3/c1-10(2)16-8-12-11-9-18(7-6-13(11)21-17-12)14(19)20-15(3,4)5/h10,16H,6-9H2,1-5H3. The molecule has 0 atom stereocenters. The molecule has 2 heterocycles. The molecule has 1 aromatic heterocycles. The molecule has 1 aliphatic rings. The molecule has 0 radical (unpaired) electrons. The molecule has 6 nitrogen and oxygen atoms in total. The van der Waals surface area contributed by atoms with E-state index in [1.165, 1.54) is 0 Å². The molecule has 0 aliphatic carbocycles. The van der Waals surface area contributed by atoms with Gasteiger partial charge in [0, 0.05) is 31.1 Å². The third kappa shape index (κ3) is 4.20. The lowest BCUT2D eigenvalue weighted by Gasteiger charge is -2.29. The fourth-order valence-corrected chi connectivity index (χ4v) is 2.19. The Morgan fingerprint density at radius 3 is 2.81 bits per heavy atom. The number of aromatic nitrogens is 1. The normalized spacial score (nSPS) is 15.2. The van der Waals surface area contributed by atoms with E-state index < -0.39 is 5.60 Å². The van der Waals surface area contributed by atoms with E-state index in [1.54, 1.807) is 4.90 Å². The van der Waals surface area contributed by atoms with Gasteiger partial charge in [0.2, 0.25) is 0 Å². The summed E-state index contributed by atoms with van der Waals surface area (Å²) in [5.41, 5.74) is 1.42. The van der Waals surface area contributed by atoms with Gasteiger partial charge in [-0.05, 0) is 20.8 Å². The number of hydrogen-bond donors (Lipinski definition) is 1. The zero-order valence-electron chi connectivity index (χ0n) is 13.5. The van der Waals surface area contributed by atoms with Crippen LogP contribution in [0.2, 0.25) is 0 Å². The molecule has 0 fully saturated rings. The van der Waals surface area contributed by atoms with Crippen molar-refractivity contribution in [1.29, 1.82) is 0 Å². The maximum atomic E-state index is 12.2. The molecule has 0 saturated carbocycles. The molecule has 0 unspecified atom stereocenters. The predicted octanol–water partition coefficient (Wildman–Crippen LogP) is 2.47. The molecule has 1 aliphatic heterocycles. The van der Waals surface area contributed by atoms with Crippen molar-refractivity contribution in [3.05, 3.63) is 17.0 Å². The van der Waals surface area contributed by atoms with Crippen molar-refractivity contribution in [3.63, 3.8) is 0 Å². The largest absolute Gasteiger partial charge is 0.444 e. The Kier molecular flexibility index (Phi) is 4.56. The molecule has 0 spiro atoms. The summed E-state index contributed by atoms with van der Waals surface area (Å²) in [4.78, 5) is 13.9. The van der Waals surface area contributed by atoms with Crippen LogP contribution in [0.15, 0.2) is 4.52 Å². The monoisotopic (exact) mass is 295 g/mol. The van der Waals surface area contributed by atoms with Gasteiger partial charge in [-0.3, -0.25) is 0 Å². The Bertz CT molecular complexity index is 503. The zero-order chi connectivity index (χ0) is 15.6. The first-order chi connectivity index (χ1) is 9.76. The van der Waals surface area contributed by atoms with E-state index in [0.29, 0.717) is 32.1 Å². The Morgan fingerprint density at radius 2 is 2.19 bits per heavy atom. The van der Waals surface area contributed by atoms with Gasteiger partial charge in [-0.1, -0.05) is 19.0 Å². The van der Waals surface area contributed by atoms with Gasteiger partial charge in [-0.25, -0.2) is 4.79 Å². The third-order valence-corrected chi connectivity index (χ3v) is 3.24. The van der Waals surface area contributed by atoms with Crippen LogP contribution in [0, 0.1) is 0 Å². The maximum absolute atomic E-state index is 12.2. The fraction of sp³-hybridized carbons (Fsp3) is 0.733. The summed E-state index contributed by atoms with van der Waals surface area (Å²) in [6.45, 7) is 11.5. The Hall–Kier alpha value is -1.56. The average molecular weight is 295 g/mol. The van der Waals surface area contributed by atoms with E-state index in [9.17, 15) is 4.79 Å². The van der Waals surface area contributed by atoms with Gasteiger partial charge in [0.15, 0.2) is 0 Å². The van der Waals surface area contributed by atoms with Crippen molar-refractivity contribution in [1.82, 2.24) is 15.4 Å². The highest BCUT2D eigenvalue weighted by atomic mass is 16.6. The lowest BCUT2D eigenvalue weighted by Crippen LogP contribution is -2.40. The van der Waals surface area contributed by atoms with Crippen LogP contribution in [0.5, 0.6) is 0 Å². The van der Waals surface area contributed by atoms with Crippen LogP contribution in [0.4, 0.5) is 4.79 Å². The van der Waals surface area contributed by atoms with Crippen molar-refractivity contribution >= 4 is 6.09 Å². The Morgan fingerprint density at radius 1 is 1.48 bits per heavy atom. The minimum Gasteiger partial charge on any atom is -0.444 e. The van der Waals surface area contributed by atoms with E-state index in [4.69, 9.17) is 9.26 Å². The second-order valence-electron chi connectivity index (χ2n) is 6.72. The molecule has 1 N–H and O–H groups in total. The second kappa shape index (κ2) is 6.05. The lowest BCUT2D eigenvalue weighted by molar-refractivity contribution is 0.0218. The molecule has 1 aromatic rings. The molecule has 0 bridgehead atoms. The van der Waals surface area contributed by atoms with E-state index >= 15 is 0 Å². The summed E-state index contributed by atoms with van der Waals surface area (Å²) >= 11 is 0. The maximum Gasteiger partial charge on any atom is 0.410 e. The van der Waals surface area contributed by atoms with Crippen LogP contribution in [0.25, 0.3) is 0 Å².